The fourth-order valence-electron chi connectivity index (χ4n) is 2.33. The second-order valence-corrected chi connectivity index (χ2v) is 5.19. The Labute approximate surface area is 110 Å². The number of hydrogen-bond acceptors (Lipinski definition) is 3. The first-order valence-electron chi connectivity index (χ1n) is 5.90. The van der Waals surface area contributed by atoms with E-state index in [-0.39, 0.29) is 5.91 Å². The number of amides is 1. The first-order valence-corrected chi connectivity index (χ1v) is 6.70. The molecule has 4 nitrogen and oxygen atoms in total. The first kappa shape index (κ1) is 12.5. The minimum absolute atomic E-state index is 0.189. The van der Waals surface area contributed by atoms with Crippen molar-refractivity contribution in [1.82, 2.24) is 14.9 Å². The highest BCUT2D eigenvalue weighted by molar-refractivity contribution is 9.10. The van der Waals surface area contributed by atoms with Crippen LogP contribution in [-0.4, -0.2) is 33.4 Å². The Morgan fingerprint density at radius 2 is 2.35 bits per heavy atom. The Bertz CT molecular complexity index is 393. The molecule has 1 aromatic rings. The minimum atomic E-state index is 0.189. The number of halogens is 1. The van der Waals surface area contributed by atoms with E-state index in [0.29, 0.717) is 6.04 Å². The monoisotopic (exact) mass is 297 g/mol. The summed E-state index contributed by atoms with van der Waals surface area (Å²) in [5, 5.41) is 0. The predicted molar refractivity (Wildman–Crippen MR) is 68.5 cm³/mol. The predicted octanol–water partition coefficient (Wildman–Crippen LogP) is 2.18. The molecule has 2 rings (SSSR count). The third-order valence-corrected chi connectivity index (χ3v) is 3.60. The largest absolute Gasteiger partial charge is 0.340 e. The van der Waals surface area contributed by atoms with Gasteiger partial charge in [0.05, 0.1) is 11.9 Å². The van der Waals surface area contributed by atoms with E-state index in [2.05, 4.69) is 25.9 Å². The van der Waals surface area contributed by atoms with Gasteiger partial charge in [-0.3, -0.25) is 9.78 Å². The van der Waals surface area contributed by atoms with Crippen molar-refractivity contribution < 1.29 is 4.79 Å². The molecular formula is C12H16BrN3O. The Morgan fingerprint density at radius 1 is 1.53 bits per heavy atom. The average molecular weight is 298 g/mol. The number of carbonyl (C=O) groups excluding carboxylic acids is 1. The Morgan fingerprint density at radius 3 is 3.00 bits per heavy atom. The van der Waals surface area contributed by atoms with Gasteiger partial charge in [-0.1, -0.05) is 0 Å². The van der Waals surface area contributed by atoms with Crippen LogP contribution < -0.4 is 0 Å². The number of aromatic nitrogens is 2. The summed E-state index contributed by atoms with van der Waals surface area (Å²) in [6.45, 7) is 2.56. The maximum absolute atomic E-state index is 11.4. The molecule has 0 radical (unpaired) electrons. The summed E-state index contributed by atoms with van der Waals surface area (Å²) in [5.41, 5.74) is 0.989. The van der Waals surface area contributed by atoms with Crippen molar-refractivity contribution in [2.45, 2.75) is 38.6 Å². The fraction of sp³-hybridized carbons (Fsp3) is 0.583. The van der Waals surface area contributed by atoms with Gasteiger partial charge in [0.1, 0.15) is 4.60 Å². The van der Waals surface area contributed by atoms with Gasteiger partial charge in [0.2, 0.25) is 5.91 Å². The van der Waals surface area contributed by atoms with E-state index in [0.717, 1.165) is 42.5 Å². The quantitative estimate of drug-likeness (QED) is 0.859. The molecule has 1 saturated heterocycles. The van der Waals surface area contributed by atoms with Crippen molar-refractivity contribution >= 4 is 21.8 Å². The van der Waals surface area contributed by atoms with Crippen LogP contribution in [0.1, 0.15) is 31.9 Å². The normalized spacial score (nSPS) is 19.6. The van der Waals surface area contributed by atoms with Gasteiger partial charge >= 0.3 is 0 Å². The minimum Gasteiger partial charge on any atom is -0.340 e. The molecule has 1 aliphatic heterocycles. The number of rotatable bonds is 3. The maximum Gasteiger partial charge on any atom is 0.219 e. The standard InChI is InChI=1S/C12H16BrN3O/c1-9(17)16-6-2-3-11(16)5-4-10-7-15-12(13)8-14-10/h7-8,11H,2-6H2,1H3/t11-/m0/s1. The van der Waals surface area contributed by atoms with Crippen LogP contribution in [0.4, 0.5) is 0 Å². The molecule has 0 aromatic carbocycles. The van der Waals surface area contributed by atoms with Crippen LogP contribution >= 0.6 is 15.9 Å². The highest BCUT2D eigenvalue weighted by Crippen LogP contribution is 2.21. The van der Waals surface area contributed by atoms with E-state index < -0.39 is 0 Å². The molecule has 1 aromatic heterocycles. The van der Waals surface area contributed by atoms with Gasteiger partial charge in [-0.25, -0.2) is 4.98 Å². The van der Waals surface area contributed by atoms with E-state index in [1.165, 1.54) is 0 Å². The summed E-state index contributed by atoms with van der Waals surface area (Å²) in [7, 11) is 0. The lowest BCUT2D eigenvalue weighted by Crippen LogP contribution is -2.33. The second-order valence-electron chi connectivity index (χ2n) is 4.38. The van der Waals surface area contributed by atoms with Gasteiger partial charge in [0, 0.05) is 25.7 Å². The van der Waals surface area contributed by atoms with Crippen LogP contribution in [0.5, 0.6) is 0 Å². The van der Waals surface area contributed by atoms with Crippen molar-refractivity contribution in [3.63, 3.8) is 0 Å². The average Bonchev–Trinajstić information content (AvgIpc) is 2.76. The first-order chi connectivity index (χ1) is 8.16. The molecule has 1 amide bonds. The Hall–Kier alpha value is -0.970. The summed E-state index contributed by atoms with van der Waals surface area (Å²) in [5.74, 6) is 0.189. The summed E-state index contributed by atoms with van der Waals surface area (Å²) in [6, 6.07) is 0.387. The molecule has 92 valence electrons. The molecule has 5 heteroatoms. The fourth-order valence-corrected chi connectivity index (χ4v) is 2.54. The van der Waals surface area contributed by atoms with Crippen LogP contribution in [0.3, 0.4) is 0 Å². The molecule has 1 atom stereocenters. The van der Waals surface area contributed by atoms with E-state index in [1.807, 2.05) is 4.90 Å². The number of hydrogen-bond donors (Lipinski definition) is 0. The maximum atomic E-state index is 11.4. The second kappa shape index (κ2) is 5.58. The van der Waals surface area contributed by atoms with E-state index in [9.17, 15) is 4.79 Å². The lowest BCUT2D eigenvalue weighted by Gasteiger charge is -2.22. The van der Waals surface area contributed by atoms with Crippen LogP contribution in [0.15, 0.2) is 17.0 Å². The third kappa shape index (κ3) is 3.25. The van der Waals surface area contributed by atoms with Gasteiger partial charge in [-0.05, 0) is 41.6 Å². The molecule has 0 aliphatic carbocycles. The van der Waals surface area contributed by atoms with E-state index in [4.69, 9.17) is 0 Å². The Kier molecular flexibility index (Phi) is 4.10. The summed E-state index contributed by atoms with van der Waals surface area (Å²) >= 11 is 3.26. The number of carbonyl (C=O) groups is 1. The molecule has 2 heterocycles. The zero-order chi connectivity index (χ0) is 12.3. The number of likely N-dealkylation sites (tertiary alicyclic amines) is 1. The SMILES string of the molecule is CC(=O)N1CCC[C@H]1CCc1cnc(Br)cn1. The summed E-state index contributed by atoms with van der Waals surface area (Å²) in [6.07, 6.45) is 7.61. The van der Waals surface area contributed by atoms with Crippen molar-refractivity contribution in [3.05, 3.63) is 22.7 Å². The lowest BCUT2D eigenvalue weighted by molar-refractivity contribution is -0.129. The van der Waals surface area contributed by atoms with Gasteiger partial charge in [-0.2, -0.15) is 0 Å². The molecule has 1 aliphatic rings. The summed E-state index contributed by atoms with van der Waals surface area (Å²) < 4.78 is 0.757. The molecule has 0 bridgehead atoms. The van der Waals surface area contributed by atoms with Gasteiger partial charge in [-0.15, -0.1) is 0 Å². The lowest BCUT2D eigenvalue weighted by atomic mass is 10.1. The highest BCUT2D eigenvalue weighted by Gasteiger charge is 2.25. The van der Waals surface area contributed by atoms with E-state index in [1.54, 1.807) is 19.3 Å². The zero-order valence-corrected chi connectivity index (χ0v) is 11.5. The molecule has 0 saturated carbocycles. The van der Waals surface area contributed by atoms with Crippen LogP contribution in [-0.2, 0) is 11.2 Å². The van der Waals surface area contributed by atoms with Gasteiger partial charge in [0.25, 0.3) is 0 Å². The van der Waals surface area contributed by atoms with Crippen molar-refractivity contribution in [2.24, 2.45) is 0 Å². The van der Waals surface area contributed by atoms with Crippen molar-refractivity contribution in [1.29, 1.82) is 0 Å². The van der Waals surface area contributed by atoms with Gasteiger partial charge < -0.3 is 4.90 Å². The Balaban J connectivity index is 1.89. The highest BCUT2D eigenvalue weighted by atomic mass is 79.9. The molecule has 17 heavy (non-hydrogen) atoms. The van der Waals surface area contributed by atoms with Crippen LogP contribution in [0.2, 0.25) is 0 Å². The molecule has 0 unspecified atom stereocenters. The summed E-state index contributed by atoms with van der Waals surface area (Å²) in [4.78, 5) is 21.8. The zero-order valence-electron chi connectivity index (χ0n) is 9.90. The molecule has 0 N–H and O–H groups in total. The molecular weight excluding hydrogens is 282 g/mol. The van der Waals surface area contributed by atoms with Gasteiger partial charge in [0.15, 0.2) is 0 Å². The van der Waals surface area contributed by atoms with Crippen LogP contribution in [0.25, 0.3) is 0 Å². The number of aryl methyl sites for hydroxylation is 1. The molecule has 1 fully saturated rings. The third-order valence-electron chi connectivity index (χ3n) is 3.19. The molecule has 0 spiro atoms. The van der Waals surface area contributed by atoms with Crippen LogP contribution in [0, 0.1) is 0 Å². The topological polar surface area (TPSA) is 46.1 Å². The van der Waals surface area contributed by atoms with E-state index >= 15 is 0 Å². The van der Waals surface area contributed by atoms with Crippen molar-refractivity contribution in [2.75, 3.05) is 6.54 Å². The van der Waals surface area contributed by atoms with Crippen molar-refractivity contribution in [3.8, 4) is 0 Å². The smallest absolute Gasteiger partial charge is 0.219 e. The number of nitrogens with zero attached hydrogens (tertiary/aromatic N) is 3.